The molecule has 1 amide bonds. The molecule has 0 aromatic heterocycles. The fourth-order valence-electron chi connectivity index (χ4n) is 2.20. The lowest BCUT2D eigenvalue weighted by Crippen LogP contribution is -2.46. The molecule has 0 spiro atoms. The van der Waals surface area contributed by atoms with Crippen molar-refractivity contribution in [1.82, 2.24) is 5.32 Å². The molecular weight excluding hydrogens is 208 g/mol. The van der Waals surface area contributed by atoms with Gasteiger partial charge in [-0.05, 0) is 12.8 Å². The van der Waals surface area contributed by atoms with Gasteiger partial charge in [0.1, 0.15) is 0 Å². The zero-order chi connectivity index (χ0) is 12.0. The monoisotopic (exact) mass is 230 g/mol. The molecule has 5 heteroatoms. The van der Waals surface area contributed by atoms with E-state index < -0.39 is 0 Å². The van der Waals surface area contributed by atoms with Gasteiger partial charge in [-0.15, -0.1) is 0 Å². The second kappa shape index (κ2) is 6.18. The first-order valence-corrected chi connectivity index (χ1v) is 5.72. The molecule has 0 atom stereocenters. The number of hydrogen-bond acceptors (Lipinski definition) is 4. The van der Waals surface area contributed by atoms with Gasteiger partial charge < -0.3 is 20.5 Å². The van der Waals surface area contributed by atoms with Crippen LogP contribution in [0, 0.1) is 5.41 Å². The predicted octanol–water partition coefficient (Wildman–Crippen LogP) is 0.241. The van der Waals surface area contributed by atoms with Crippen molar-refractivity contribution in [2.45, 2.75) is 32.0 Å². The molecule has 1 fully saturated rings. The first kappa shape index (κ1) is 13.4. The van der Waals surface area contributed by atoms with Gasteiger partial charge in [0.05, 0.1) is 12.0 Å². The number of hydrogen-bond donors (Lipinski definition) is 2. The maximum atomic E-state index is 12.0. The predicted molar refractivity (Wildman–Crippen MR) is 60.8 cm³/mol. The summed E-state index contributed by atoms with van der Waals surface area (Å²) >= 11 is 0. The fraction of sp³-hybridized carbons (Fsp3) is 0.909. The van der Waals surface area contributed by atoms with Crippen LogP contribution in [0.4, 0.5) is 0 Å². The van der Waals surface area contributed by atoms with E-state index in [9.17, 15) is 4.79 Å². The quantitative estimate of drug-likeness (QED) is 0.641. The van der Waals surface area contributed by atoms with Crippen molar-refractivity contribution in [2.75, 3.05) is 27.3 Å². The molecule has 0 unspecified atom stereocenters. The first-order valence-electron chi connectivity index (χ1n) is 5.72. The van der Waals surface area contributed by atoms with E-state index in [2.05, 4.69) is 5.32 Å². The second-order valence-corrected chi connectivity index (χ2v) is 4.30. The van der Waals surface area contributed by atoms with Gasteiger partial charge in [0.2, 0.25) is 5.91 Å². The molecule has 1 saturated carbocycles. The van der Waals surface area contributed by atoms with Gasteiger partial charge in [0.25, 0.3) is 0 Å². The van der Waals surface area contributed by atoms with Crippen LogP contribution in [-0.2, 0) is 14.3 Å². The van der Waals surface area contributed by atoms with Crippen molar-refractivity contribution in [3.05, 3.63) is 0 Å². The Balaban J connectivity index is 2.44. The first-order chi connectivity index (χ1) is 7.68. The van der Waals surface area contributed by atoms with Gasteiger partial charge in [-0.2, -0.15) is 0 Å². The molecule has 1 aliphatic carbocycles. The number of nitrogens with two attached hydrogens (primary N) is 1. The van der Waals surface area contributed by atoms with Crippen LogP contribution in [-0.4, -0.2) is 39.5 Å². The topological polar surface area (TPSA) is 73.6 Å². The van der Waals surface area contributed by atoms with E-state index in [0.29, 0.717) is 13.1 Å². The molecule has 94 valence electrons. The van der Waals surface area contributed by atoms with Crippen molar-refractivity contribution in [3.8, 4) is 0 Å². The van der Waals surface area contributed by atoms with E-state index in [1.165, 1.54) is 0 Å². The number of methoxy groups -OCH3 is 2. The van der Waals surface area contributed by atoms with E-state index in [0.717, 1.165) is 25.7 Å². The van der Waals surface area contributed by atoms with Gasteiger partial charge in [0.15, 0.2) is 6.29 Å². The van der Waals surface area contributed by atoms with Crippen LogP contribution in [0.2, 0.25) is 0 Å². The number of amides is 1. The highest BCUT2D eigenvalue weighted by atomic mass is 16.7. The second-order valence-electron chi connectivity index (χ2n) is 4.30. The van der Waals surface area contributed by atoms with E-state index in [1.54, 1.807) is 14.2 Å². The molecule has 0 bridgehead atoms. The molecule has 1 aliphatic rings. The lowest BCUT2D eigenvalue weighted by atomic mass is 9.85. The normalized spacial score (nSPS) is 19.0. The molecular formula is C11H22N2O3. The molecule has 0 aromatic rings. The van der Waals surface area contributed by atoms with E-state index >= 15 is 0 Å². The third-order valence-electron chi connectivity index (χ3n) is 3.39. The van der Waals surface area contributed by atoms with E-state index in [-0.39, 0.29) is 17.6 Å². The van der Waals surface area contributed by atoms with Crippen LogP contribution in [0.25, 0.3) is 0 Å². The van der Waals surface area contributed by atoms with Crippen molar-refractivity contribution >= 4 is 5.91 Å². The van der Waals surface area contributed by atoms with Crippen LogP contribution in [0.1, 0.15) is 25.7 Å². The fourth-order valence-corrected chi connectivity index (χ4v) is 2.20. The average molecular weight is 230 g/mol. The molecule has 16 heavy (non-hydrogen) atoms. The van der Waals surface area contributed by atoms with Gasteiger partial charge in [0, 0.05) is 20.8 Å². The highest BCUT2D eigenvalue weighted by Gasteiger charge is 2.39. The van der Waals surface area contributed by atoms with Crippen LogP contribution in [0.15, 0.2) is 0 Å². The van der Waals surface area contributed by atoms with Gasteiger partial charge in [-0.25, -0.2) is 0 Å². The number of ether oxygens (including phenoxy) is 2. The van der Waals surface area contributed by atoms with E-state index in [1.807, 2.05) is 0 Å². The number of rotatable bonds is 6. The van der Waals surface area contributed by atoms with Crippen LogP contribution < -0.4 is 11.1 Å². The van der Waals surface area contributed by atoms with Crippen molar-refractivity contribution < 1.29 is 14.3 Å². The highest BCUT2D eigenvalue weighted by molar-refractivity contribution is 5.83. The Labute approximate surface area is 96.7 Å². The van der Waals surface area contributed by atoms with Gasteiger partial charge in [-0.3, -0.25) is 4.79 Å². The Hall–Kier alpha value is -0.650. The SMILES string of the molecule is COC(CNC(=O)C1(CN)CCCC1)OC. The summed E-state index contributed by atoms with van der Waals surface area (Å²) in [5, 5.41) is 2.85. The Bertz CT molecular complexity index is 223. The molecule has 0 aliphatic heterocycles. The number of nitrogens with one attached hydrogen (secondary N) is 1. The highest BCUT2D eigenvalue weighted by Crippen LogP contribution is 2.37. The summed E-state index contributed by atoms with van der Waals surface area (Å²) in [7, 11) is 3.10. The standard InChI is InChI=1S/C11H22N2O3/c1-15-9(16-2)7-13-10(14)11(8-12)5-3-4-6-11/h9H,3-8,12H2,1-2H3,(H,13,14). The molecule has 3 N–H and O–H groups in total. The van der Waals surface area contributed by atoms with Crippen LogP contribution in [0.3, 0.4) is 0 Å². The summed E-state index contributed by atoms with van der Waals surface area (Å²) in [5.74, 6) is 0.0339. The Morgan fingerprint density at radius 1 is 1.38 bits per heavy atom. The molecule has 0 heterocycles. The summed E-state index contributed by atoms with van der Waals surface area (Å²) in [4.78, 5) is 12.0. The van der Waals surface area contributed by atoms with Crippen LogP contribution in [0.5, 0.6) is 0 Å². The zero-order valence-electron chi connectivity index (χ0n) is 10.1. The largest absolute Gasteiger partial charge is 0.354 e. The number of carbonyl (C=O) groups excluding carboxylic acids is 1. The smallest absolute Gasteiger partial charge is 0.227 e. The Kier molecular flexibility index (Phi) is 5.18. The van der Waals surface area contributed by atoms with Gasteiger partial charge in [-0.1, -0.05) is 12.8 Å². The maximum absolute atomic E-state index is 12.0. The minimum absolute atomic E-state index is 0.0339. The van der Waals surface area contributed by atoms with Crippen molar-refractivity contribution in [3.63, 3.8) is 0 Å². The molecule has 0 aromatic carbocycles. The third-order valence-corrected chi connectivity index (χ3v) is 3.39. The van der Waals surface area contributed by atoms with Crippen LogP contribution >= 0.6 is 0 Å². The molecule has 5 nitrogen and oxygen atoms in total. The lowest BCUT2D eigenvalue weighted by Gasteiger charge is -2.26. The third kappa shape index (κ3) is 2.93. The molecule has 0 radical (unpaired) electrons. The molecule has 1 rings (SSSR count). The summed E-state index contributed by atoms with van der Waals surface area (Å²) < 4.78 is 10.0. The van der Waals surface area contributed by atoms with Crippen molar-refractivity contribution in [2.24, 2.45) is 11.1 Å². The zero-order valence-corrected chi connectivity index (χ0v) is 10.1. The Morgan fingerprint density at radius 2 is 1.94 bits per heavy atom. The number of carbonyl (C=O) groups is 1. The summed E-state index contributed by atoms with van der Waals surface area (Å²) in [6.45, 7) is 0.789. The van der Waals surface area contributed by atoms with Gasteiger partial charge >= 0.3 is 0 Å². The average Bonchev–Trinajstić information content (AvgIpc) is 2.80. The van der Waals surface area contributed by atoms with Crippen molar-refractivity contribution in [1.29, 1.82) is 0 Å². The maximum Gasteiger partial charge on any atom is 0.227 e. The summed E-state index contributed by atoms with van der Waals surface area (Å²) in [6, 6.07) is 0. The lowest BCUT2D eigenvalue weighted by molar-refractivity contribution is -0.135. The summed E-state index contributed by atoms with van der Waals surface area (Å²) in [5.41, 5.74) is 5.36. The summed E-state index contributed by atoms with van der Waals surface area (Å²) in [6.07, 6.45) is 3.56. The molecule has 0 saturated heterocycles. The minimum Gasteiger partial charge on any atom is -0.354 e. The van der Waals surface area contributed by atoms with E-state index in [4.69, 9.17) is 15.2 Å². The minimum atomic E-state index is -0.389. The Morgan fingerprint density at radius 3 is 2.38 bits per heavy atom.